The van der Waals surface area contributed by atoms with Crippen LogP contribution in [0.5, 0.6) is 0 Å². The van der Waals surface area contributed by atoms with Gasteiger partial charge in [-0.3, -0.25) is 4.79 Å². The van der Waals surface area contributed by atoms with Gasteiger partial charge in [0.25, 0.3) is 5.78 Å². The van der Waals surface area contributed by atoms with E-state index in [2.05, 4.69) is 20.4 Å². The van der Waals surface area contributed by atoms with Crippen LogP contribution in [0.2, 0.25) is 5.15 Å². The molecule has 1 aliphatic heterocycles. The number of carbonyl (C=O) groups excluding carboxylic acids is 1. The number of halogens is 1. The van der Waals surface area contributed by atoms with Gasteiger partial charge < -0.3 is 10.2 Å². The van der Waals surface area contributed by atoms with Gasteiger partial charge in [0.2, 0.25) is 5.91 Å². The highest BCUT2D eigenvalue weighted by atomic mass is 35.5. The number of hydrogen-bond donors (Lipinski definition) is 1. The zero-order valence-electron chi connectivity index (χ0n) is 10.9. The Bertz CT molecular complexity index is 621. The van der Waals surface area contributed by atoms with Crippen molar-refractivity contribution in [3.8, 4) is 0 Å². The summed E-state index contributed by atoms with van der Waals surface area (Å²) >= 11 is 5.92. The maximum Gasteiger partial charge on any atom is 0.255 e. The van der Waals surface area contributed by atoms with Crippen molar-refractivity contribution < 1.29 is 4.79 Å². The Labute approximate surface area is 121 Å². The van der Waals surface area contributed by atoms with Gasteiger partial charge in [-0.1, -0.05) is 11.6 Å². The third-order valence-corrected chi connectivity index (χ3v) is 3.52. The molecule has 0 bridgehead atoms. The number of likely N-dealkylation sites (tertiary alicyclic amines) is 1. The van der Waals surface area contributed by atoms with Gasteiger partial charge in [0.05, 0.1) is 0 Å². The second-order valence-corrected chi connectivity index (χ2v) is 5.09. The van der Waals surface area contributed by atoms with Crippen molar-refractivity contribution in [2.45, 2.75) is 19.3 Å². The van der Waals surface area contributed by atoms with Crippen LogP contribution >= 0.6 is 11.6 Å². The molecule has 106 valence electrons. The van der Waals surface area contributed by atoms with Crippen molar-refractivity contribution >= 4 is 29.1 Å². The molecular weight excluding hydrogens is 280 g/mol. The summed E-state index contributed by atoms with van der Waals surface area (Å²) in [4.78, 5) is 21.9. The fraction of sp³-hybridized carbons (Fsp3) is 0.500. The average Bonchev–Trinajstić information content (AvgIpc) is 3.09. The first-order valence-electron chi connectivity index (χ1n) is 6.62. The summed E-state index contributed by atoms with van der Waals surface area (Å²) in [6, 6.07) is 1.67. The van der Waals surface area contributed by atoms with Crippen LogP contribution < -0.4 is 5.32 Å². The Hall–Kier alpha value is -1.89. The number of rotatable bonds is 4. The lowest BCUT2D eigenvalue weighted by Crippen LogP contribution is -2.29. The summed E-state index contributed by atoms with van der Waals surface area (Å²) in [7, 11) is 0. The smallest absolute Gasteiger partial charge is 0.255 e. The number of nitrogens with zero attached hydrogens (tertiary/aromatic N) is 5. The molecule has 8 heteroatoms. The maximum absolute atomic E-state index is 11.9. The van der Waals surface area contributed by atoms with E-state index < -0.39 is 0 Å². The lowest BCUT2D eigenvalue weighted by Gasteiger charge is -2.15. The van der Waals surface area contributed by atoms with E-state index in [-0.39, 0.29) is 5.91 Å². The van der Waals surface area contributed by atoms with E-state index in [0.29, 0.717) is 29.7 Å². The molecule has 0 radical (unpaired) electrons. The summed E-state index contributed by atoms with van der Waals surface area (Å²) in [5, 5.41) is 7.57. The van der Waals surface area contributed by atoms with Crippen molar-refractivity contribution in [3.63, 3.8) is 0 Å². The van der Waals surface area contributed by atoms with Crippen molar-refractivity contribution in [2.75, 3.05) is 25.0 Å². The van der Waals surface area contributed by atoms with Crippen LogP contribution in [0.15, 0.2) is 12.4 Å². The number of anilines is 1. The van der Waals surface area contributed by atoms with Gasteiger partial charge in [-0.25, -0.2) is 0 Å². The summed E-state index contributed by atoms with van der Waals surface area (Å²) in [6.45, 7) is 2.30. The minimum Gasteiger partial charge on any atom is -0.369 e. The molecule has 20 heavy (non-hydrogen) atoms. The minimum atomic E-state index is 0.185. The van der Waals surface area contributed by atoms with E-state index in [1.165, 1.54) is 6.33 Å². The lowest BCUT2D eigenvalue weighted by molar-refractivity contribution is -0.129. The van der Waals surface area contributed by atoms with E-state index in [0.717, 1.165) is 25.9 Å². The van der Waals surface area contributed by atoms with Crippen LogP contribution in [-0.4, -0.2) is 50.0 Å². The predicted octanol–water partition coefficient (Wildman–Crippen LogP) is 1.20. The molecule has 0 aromatic carbocycles. The Balaban J connectivity index is 1.62. The van der Waals surface area contributed by atoms with Crippen LogP contribution in [0.1, 0.15) is 19.3 Å². The normalized spacial score (nSPS) is 14.9. The quantitative estimate of drug-likeness (QED) is 0.858. The van der Waals surface area contributed by atoms with Crippen LogP contribution in [0.3, 0.4) is 0 Å². The molecule has 0 spiro atoms. The zero-order chi connectivity index (χ0) is 13.9. The SMILES string of the molecule is O=C(CCNc1cc(Cl)nc2ncnn12)N1CCCC1. The topological polar surface area (TPSA) is 75.4 Å². The first-order valence-corrected chi connectivity index (χ1v) is 7.00. The Morgan fingerprint density at radius 1 is 1.40 bits per heavy atom. The van der Waals surface area contributed by atoms with Crippen molar-refractivity contribution in [1.29, 1.82) is 0 Å². The molecule has 0 aliphatic carbocycles. The molecule has 2 aromatic heterocycles. The van der Waals surface area contributed by atoms with Crippen LogP contribution in [-0.2, 0) is 4.79 Å². The second kappa shape index (κ2) is 5.62. The Morgan fingerprint density at radius 3 is 3.00 bits per heavy atom. The van der Waals surface area contributed by atoms with Crippen LogP contribution in [0, 0.1) is 0 Å². The number of nitrogens with one attached hydrogen (secondary N) is 1. The van der Waals surface area contributed by atoms with E-state index >= 15 is 0 Å². The Kier molecular flexibility index (Phi) is 3.68. The standard InChI is InChI=1S/C12H15ClN6O/c13-9-7-10(19-12(17-9)15-8-16-19)14-4-3-11(20)18-5-1-2-6-18/h7-8,14H,1-6H2. The molecule has 3 heterocycles. The molecule has 1 N–H and O–H groups in total. The van der Waals surface area contributed by atoms with E-state index in [4.69, 9.17) is 11.6 Å². The van der Waals surface area contributed by atoms with Crippen LogP contribution in [0.25, 0.3) is 5.78 Å². The average molecular weight is 295 g/mol. The number of amides is 1. The largest absolute Gasteiger partial charge is 0.369 e. The molecule has 1 saturated heterocycles. The second-order valence-electron chi connectivity index (χ2n) is 4.70. The van der Waals surface area contributed by atoms with Gasteiger partial charge >= 0.3 is 0 Å². The molecule has 1 amide bonds. The van der Waals surface area contributed by atoms with Crippen molar-refractivity contribution in [3.05, 3.63) is 17.5 Å². The molecule has 0 saturated carbocycles. The highest BCUT2D eigenvalue weighted by molar-refractivity contribution is 6.29. The third-order valence-electron chi connectivity index (χ3n) is 3.32. The van der Waals surface area contributed by atoms with Gasteiger partial charge in [-0.15, -0.1) is 0 Å². The van der Waals surface area contributed by atoms with E-state index in [1.54, 1.807) is 10.6 Å². The molecule has 2 aromatic rings. The van der Waals surface area contributed by atoms with Gasteiger partial charge in [-0.2, -0.15) is 19.6 Å². The summed E-state index contributed by atoms with van der Waals surface area (Å²) in [5.41, 5.74) is 0. The molecular formula is C12H15ClN6O. The Morgan fingerprint density at radius 2 is 2.20 bits per heavy atom. The predicted molar refractivity (Wildman–Crippen MR) is 74.7 cm³/mol. The highest BCUT2D eigenvalue weighted by Crippen LogP contribution is 2.14. The molecule has 3 rings (SSSR count). The number of carbonyl (C=O) groups is 1. The molecule has 1 fully saturated rings. The zero-order valence-corrected chi connectivity index (χ0v) is 11.7. The van der Waals surface area contributed by atoms with Crippen molar-refractivity contribution in [2.24, 2.45) is 0 Å². The molecule has 0 atom stereocenters. The van der Waals surface area contributed by atoms with Gasteiger partial charge in [0.1, 0.15) is 17.3 Å². The molecule has 7 nitrogen and oxygen atoms in total. The molecule has 0 unspecified atom stereocenters. The molecule has 1 aliphatic rings. The summed E-state index contributed by atoms with van der Waals surface area (Å²) < 4.78 is 1.56. The first-order chi connectivity index (χ1) is 9.74. The fourth-order valence-corrected chi connectivity index (χ4v) is 2.51. The number of hydrogen-bond acceptors (Lipinski definition) is 5. The monoisotopic (exact) mass is 294 g/mol. The van der Waals surface area contributed by atoms with E-state index in [9.17, 15) is 4.79 Å². The number of aromatic nitrogens is 4. The van der Waals surface area contributed by atoms with Crippen molar-refractivity contribution in [1.82, 2.24) is 24.5 Å². The third kappa shape index (κ3) is 2.67. The van der Waals surface area contributed by atoms with Gasteiger partial charge in [-0.05, 0) is 12.8 Å². The summed E-state index contributed by atoms with van der Waals surface area (Å²) in [5.74, 6) is 1.31. The first kappa shape index (κ1) is 13.1. The summed E-state index contributed by atoms with van der Waals surface area (Å²) in [6.07, 6.45) is 4.09. The highest BCUT2D eigenvalue weighted by Gasteiger charge is 2.17. The van der Waals surface area contributed by atoms with Gasteiger partial charge in [0.15, 0.2) is 0 Å². The number of fused-ring (bicyclic) bond motifs is 1. The van der Waals surface area contributed by atoms with Crippen LogP contribution in [0.4, 0.5) is 5.82 Å². The lowest BCUT2D eigenvalue weighted by atomic mass is 10.3. The maximum atomic E-state index is 11.9. The van der Waals surface area contributed by atoms with Gasteiger partial charge in [0, 0.05) is 32.1 Å². The van der Waals surface area contributed by atoms with E-state index in [1.807, 2.05) is 4.90 Å². The minimum absolute atomic E-state index is 0.185. The fourth-order valence-electron chi connectivity index (χ4n) is 2.33.